The summed E-state index contributed by atoms with van der Waals surface area (Å²) in [5.74, 6) is 1.12. The van der Waals surface area contributed by atoms with Crippen LogP contribution in [0, 0.1) is 5.92 Å². The molecule has 0 aromatic carbocycles. The largest absolute Gasteiger partial charge is 0.336 e. The highest BCUT2D eigenvalue weighted by Gasteiger charge is 2.29. The molecular weight excluding hydrogens is 250 g/mol. The third kappa shape index (κ3) is 3.53. The second kappa shape index (κ2) is 5.95. The third-order valence-electron chi connectivity index (χ3n) is 2.79. The third-order valence-corrected chi connectivity index (χ3v) is 3.83. The number of nitrogens with zero attached hydrogens (tertiary/aromatic N) is 3. The van der Waals surface area contributed by atoms with Crippen LogP contribution in [0.2, 0.25) is 0 Å². The van der Waals surface area contributed by atoms with E-state index in [2.05, 4.69) is 9.97 Å². The first kappa shape index (κ1) is 13.0. The molecule has 1 unspecified atom stereocenters. The van der Waals surface area contributed by atoms with Crippen LogP contribution in [0.1, 0.15) is 19.0 Å². The van der Waals surface area contributed by atoms with E-state index >= 15 is 0 Å². The van der Waals surface area contributed by atoms with Crippen LogP contribution in [0.4, 0.5) is 0 Å². The standard InChI is InChI=1S/C12H15N3O2S/c1-9(16)18-8-10-4-12(17)15(6-10)7-11-5-13-2-3-14-11/h2-3,5,10H,4,6-8H2,1H3. The summed E-state index contributed by atoms with van der Waals surface area (Å²) in [5, 5.41) is 0.106. The zero-order chi connectivity index (χ0) is 13.0. The molecule has 1 aliphatic rings. The van der Waals surface area contributed by atoms with Gasteiger partial charge in [-0.3, -0.25) is 19.6 Å². The van der Waals surface area contributed by atoms with Crippen molar-refractivity contribution >= 4 is 22.8 Å². The van der Waals surface area contributed by atoms with Crippen molar-refractivity contribution in [3.05, 3.63) is 24.3 Å². The summed E-state index contributed by atoms with van der Waals surface area (Å²) in [6, 6.07) is 0. The van der Waals surface area contributed by atoms with Crippen LogP contribution in [0.25, 0.3) is 0 Å². The molecule has 0 spiro atoms. The molecule has 96 valence electrons. The highest BCUT2D eigenvalue weighted by Crippen LogP contribution is 2.23. The van der Waals surface area contributed by atoms with Gasteiger partial charge in [-0.05, 0) is 5.92 Å². The zero-order valence-electron chi connectivity index (χ0n) is 10.2. The summed E-state index contributed by atoms with van der Waals surface area (Å²) < 4.78 is 0. The van der Waals surface area contributed by atoms with E-state index in [-0.39, 0.29) is 16.9 Å². The Kier molecular flexibility index (Phi) is 4.30. The van der Waals surface area contributed by atoms with Gasteiger partial charge in [0.15, 0.2) is 5.12 Å². The van der Waals surface area contributed by atoms with Gasteiger partial charge < -0.3 is 4.90 Å². The maximum atomic E-state index is 11.8. The molecule has 18 heavy (non-hydrogen) atoms. The highest BCUT2D eigenvalue weighted by atomic mass is 32.2. The average Bonchev–Trinajstić information content (AvgIpc) is 2.69. The van der Waals surface area contributed by atoms with E-state index in [4.69, 9.17) is 0 Å². The Morgan fingerprint density at radius 2 is 2.39 bits per heavy atom. The van der Waals surface area contributed by atoms with E-state index in [1.54, 1.807) is 30.4 Å². The number of hydrogen-bond donors (Lipinski definition) is 0. The molecule has 2 rings (SSSR count). The van der Waals surface area contributed by atoms with Crippen LogP contribution < -0.4 is 0 Å². The monoisotopic (exact) mass is 265 g/mol. The Balaban J connectivity index is 1.87. The van der Waals surface area contributed by atoms with E-state index in [0.29, 0.717) is 19.5 Å². The lowest BCUT2D eigenvalue weighted by atomic mass is 10.1. The van der Waals surface area contributed by atoms with Crippen LogP contribution >= 0.6 is 11.8 Å². The van der Waals surface area contributed by atoms with Gasteiger partial charge in [0.2, 0.25) is 5.91 Å². The van der Waals surface area contributed by atoms with Crippen molar-refractivity contribution < 1.29 is 9.59 Å². The quantitative estimate of drug-likeness (QED) is 0.816. The van der Waals surface area contributed by atoms with Crippen LogP contribution in [-0.4, -0.2) is 38.2 Å². The molecule has 1 saturated heterocycles. The van der Waals surface area contributed by atoms with Crippen LogP contribution in [-0.2, 0) is 16.1 Å². The fourth-order valence-electron chi connectivity index (χ4n) is 1.96. The normalized spacial score (nSPS) is 19.3. The number of likely N-dealkylation sites (tertiary alicyclic amines) is 1. The van der Waals surface area contributed by atoms with Gasteiger partial charge >= 0.3 is 0 Å². The van der Waals surface area contributed by atoms with Gasteiger partial charge in [0, 0.05) is 38.0 Å². The molecule has 1 aromatic rings. The number of amides is 1. The van der Waals surface area contributed by atoms with E-state index in [1.165, 1.54) is 11.8 Å². The fourth-order valence-corrected chi connectivity index (χ4v) is 2.65. The molecule has 1 aliphatic heterocycles. The molecule has 5 nitrogen and oxygen atoms in total. The smallest absolute Gasteiger partial charge is 0.223 e. The molecule has 2 heterocycles. The number of carbonyl (C=O) groups excluding carboxylic acids is 2. The van der Waals surface area contributed by atoms with Gasteiger partial charge in [0.1, 0.15) is 0 Å². The minimum Gasteiger partial charge on any atom is -0.336 e. The first-order valence-electron chi connectivity index (χ1n) is 5.81. The van der Waals surface area contributed by atoms with E-state index in [9.17, 15) is 9.59 Å². The predicted octanol–water partition coefficient (Wildman–Crippen LogP) is 1.10. The summed E-state index contributed by atoms with van der Waals surface area (Å²) in [6.07, 6.45) is 5.44. The van der Waals surface area contributed by atoms with Crippen LogP contribution in [0.5, 0.6) is 0 Å². The summed E-state index contributed by atoms with van der Waals surface area (Å²) in [7, 11) is 0. The average molecular weight is 265 g/mol. The van der Waals surface area contributed by atoms with Crippen molar-refractivity contribution in [3.8, 4) is 0 Å². The van der Waals surface area contributed by atoms with E-state index in [0.717, 1.165) is 11.4 Å². The Hall–Kier alpha value is -1.43. The molecule has 1 amide bonds. The van der Waals surface area contributed by atoms with Crippen molar-refractivity contribution in [2.24, 2.45) is 5.92 Å². The number of thioether (sulfide) groups is 1. The molecule has 1 fully saturated rings. The lowest BCUT2D eigenvalue weighted by molar-refractivity contribution is -0.128. The minimum atomic E-state index is 0.106. The van der Waals surface area contributed by atoms with Crippen molar-refractivity contribution in [1.82, 2.24) is 14.9 Å². The molecular formula is C12H15N3O2S. The van der Waals surface area contributed by atoms with Gasteiger partial charge in [-0.25, -0.2) is 0 Å². The highest BCUT2D eigenvalue weighted by molar-refractivity contribution is 8.13. The van der Waals surface area contributed by atoms with Gasteiger partial charge in [-0.15, -0.1) is 0 Å². The van der Waals surface area contributed by atoms with Crippen molar-refractivity contribution in [3.63, 3.8) is 0 Å². The van der Waals surface area contributed by atoms with Gasteiger partial charge in [-0.2, -0.15) is 0 Å². The molecule has 0 saturated carbocycles. The topological polar surface area (TPSA) is 63.2 Å². The Morgan fingerprint density at radius 1 is 1.56 bits per heavy atom. The SMILES string of the molecule is CC(=O)SCC1CC(=O)N(Cc2cnccn2)C1. The first-order valence-corrected chi connectivity index (χ1v) is 6.79. The lowest BCUT2D eigenvalue weighted by Gasteiger charge is -2.15. The maximum Gasteiger partial charge on any atom is 0.223 e. The maximum absolute atomic E-state index is 11.8. The number of carbonyl (C=O) groups is 2. The Morgan fingerprint density at radius 3 is 3.06 bits per heavy atom. The first-order chi connectivity index (χ1) is 8.65. The van der Waals surface area contributed by atoms with Crippen molar-refractivity contribution in [1.29, 1.82) is 0 Å². The second-order valence-corrected chi connectivity index (χ2v) is 5.54. The van der Waals surface area contributed by atoms with Gasteiger partial charge in [0.05, 0.1) is 18.4 Å². The minimum absolute atomic E-state index is 0.106. The van der Waals surface area contributed by atoms with Gasteiger partial charge in [-0.1, -0.05) is 11.8 Å². The van der Waals surface area contributed by atoms with E-state index < -0.39 is 0 Å². The summed E-state index contributed by atoms with van der Waals surface area (Å²) in [6.45, 7) is 2.77. The molecule has 0 N–H and O–H groups in total. The number of rotatable bonds is 4. The summed E-state index contributed by atoms with van der Waals surface area (Å²) >= 11 is 1.29. The predicted molar refractivity (Wildman–Crippen MR) is 68.7 cm³/mol. The molecule has 1 atom stereocenters. The summed E-state index contributed by atoms with van der Waals surface area (Å²) in [5.41, 5.74) is 0.797. The molecule has 6 heteroatoms. The Bertz CT molecular complexity index is 438. The van der Waals surface area contributed by atoms with Crippen molar-refractivity contribution in [2.75, 3.05) is 12.3 Å². The van der Waals surface area contributed by atoms with E-state index in [1.807, 2.05) is 0 Å². The van der Waals surface area contributed by atoms with Crippen LogP contribution in [0.3, 0.4) is 0 Å². The van der Waals surface area contributed by atoms with Crippen LogP contribution in [0.15, 0.2) is 18.6 Å². The lowest BCUT2D eigenvalue weighted by Crippen LogP contribution is -2.25. The molecule has 0 bridgehead atoms. The number of aromatic nitrogens is 2. The molecule has 0 aliphatic carbocycles. The van der Waals surface area contributed by atoms with Gasteiger partial charge in [0.25, 0.3) is 0 Å². The zero-order valence-corrected chi connectivity index (χ0v) is 11.0. The fraction of sp³-hybridized carbons (Fsp3) is 0.500. The van der Waals surface area contributed by atoms with Crippen molar-refractivity contribution in [2.45, 2.75) is 19.9 Å². The second-order valence-electron chi connectivity index (χ2n) is 4.34. The summed E-state index contributed by atoms with van der Waals surface area (Å²) in [4.78, 5) is 32.6. The number of hydrogen-bond acceptors (Lipinski definition) is 5. The molecule has 0 radical (unpaired) electrons. The Labute approximate surface area is 110 Å². The molecule has 1 aromatic heterocycles.